The van der Waals surface area contributed by atoms with Crippen molar-refractivity contribution in [1.29, 1.82) is 0 Å². The number of halogens is 1. The van der Waals surface area contributed by atoms with E-state index in [-0.39, 0.29) is 16.5 Å². The van der Waals surface area contributed by atoms with Gasteiger partial charge in [0, 0.05) is 7.11 Å². The molecule has 0 fully saturated rings. The van der Waals surface area contributed by atoms with Crippen LogP contribution in [0.2, 0.25) is 0 Å². The van der Waals surface area contributed by atoms with Gasteiger partial charge < -0.3 is 10.1 Å². The molecule has 0 radical (unpaired) electrons. The molecule has 6 nitrogen and oxygen atoms in total. The fourth-order valence-corrected chi connectivity index (χ4v) is 2.39. The second-order valence-electron chi connectivity index (χ2n) is 4.60. The first-order valence-corrected chi connectivity index (χ1v) is 7.96. The molecule has 0 saturated carbocycles. The number of methoxy groups -OCH3 is 1. The molecule has 118 valence electrons. The molecular weight excluding hydrogens is 299 g/mol. The molecule has 0 aliphatic rings. The van der Waals surface area contributed by atoms with Gasteiger partial charge in [-0.1, -0.05) is 13.3 Å². The van der Waals surface area contributed by atoms with E-state index in [9.17, 15) is 17.6 Å². The Labute approximate surface area is 123 Å². The predicted molar refractivity (Wildman–Crippen MR) is 75.8 cm³/mol. The molecule has 0 aliphatic heterocycles. The molecule has 1 atom stereocenters. The van der Waals surface area contributed by atoms with Crippen molar-refractivity contribution in [3.63, 3.8) is 0 Å². The van der Waals surface area contributed by atoms with E-state index in [0.29, 0.717) is 13.0 Å². The van der Waals surface area contributed by atoms with Crippen LogP contribution in [0.15, 0.2) is 23.1 Å². The number of rotatable bonds is 7. The summed E-state index contributed by atoms with van der Waals surface area (Å²) in [5.41, 5.74) is -0.236. The fraction of sp³-hybridized carbons (Fsp3) is 0.462. The molecule has 1 aromatic carbocycles. The number of carbonyl (C=O) groups excluding carboxylic acids is 1. The lowest BCUT2D eigenvalue weighted by Gasteiger charge is -2.17. The molecule has 0 heterocycles. The van der Waals surface area contributed by atoms with E-state index in [4.69, 9.17) is 9.88 Å². The summed E-state index contributed by atoms with van der Waals surface area (Å²) in [4.78, 5) is 11.6. The minimum absolute atomic E-state index is 0.232. The van der Waals surface area contributed by atoms with Gasteiger partial charge in [-0.25, -0.2) is 17.9 Å². The highest BCUT2D eigenvalue weighted by atomic mass is 32.2. The van der Waals surface area contributed by atoms with Crippen LogP contribution in [0, 0.1) is 5.82 Å². The number of ether oxygens (including phenoxy) is 1. The second-order valence-corrected chi connectivity index (χ2v) is 6.16. The number of sulfonamides is 1. The molecule has 0 aromatic heterocycles. The van der Waals surface area contributed by atoms with Crippen molar-refractivity contribution in [1.82, 2.24) is 5.32 Å². The van der Waals surface area contributed by atoms with Crippen LogP contribution in [-0.2, 0) is 14.8 Å². The number of primary sulfonamides is 1. The molecule has 1 rings (SSSR count). The third-order valence-corrected chi connectivity index (χ3v) is 3.76. The minimum atomic E-state index is -4.00. The molecule has 21 heavy (non-hydrogen) atoms. The topological polar surface area (TPSA) is 98.5 Å². The maximum Gasteiger partial charge on any atom is 0.254 e. The largest absolute Gasteiger partial charge is 0.383 e. The number of nitrogens with two attached hydrogens (primary N) is 1. The zero-order valence-corrected chi connectivity index (χ0v) is 12.7. The summed E-state index contributed by atoms with van der Waals surface area (Å²) in [5, 5.41) is 7.55. The Morgan fingerprint density at radius 2 is 2.14 bits per heavy atom. The Balaban J connectivity index is 2.92. The molecule has 1 unspecified atom stereocenters. The first kappa shape index (κ1) is 17.5. The highest BCUT2D eigenvalue weighted by Crippen LogP contribution is 2.14. The van der Waals surface area contributed by atoms with Crippen molar-refractivity contribution in [2.75, 3.05) is 13.7 Å². The van der Waals surface area contributed by atoms with Gasteiger partial charge in [0.15, 0.2) is 0 Å². The lowest BCUT2D eigenvalue weighted by atomic mass is 10.1. The number of hydrogen-bond donors (Lipinski definition) is 2. The first-order chi connectivity index (χ1) is 9.79. The van der Waals surface area contributed by atoms with E-state index in [2.05, 4.69) is 5.32 Å². The molecule has 0 aliphatic carbocycles. The lowest BCUT2D eigenvalue weighted by Crippen LogP contribution is -2.38. The summed E-state index contributed by atoms with van der Waals surface area (Å²) < 4.78 is 41.0. The molecular formula is C13H19FN2O4S. The van der Waals surface area contributed by atoms with E-state index in [1.807, 2.05) is 6.92 Å². The Morgan fingerprint density at radius 3 is 2.62 bits per heavy atom. The van der Waals surface area contributed by atoms with Crippen LogP contribution in [0.5, 0.6) is 0 Å². The minimum Gasteiger partial charge on any atom is -0.383 e. The van der Waals surface area contributed by atoms with Crippen LogP contribution >= 0.6 is 0 Å². The van der Waals surface area contributed by atoms with Gasteiger partial charge in [0.2, 0.25) is 10.0 Å². The zero-order valence-electron chi connectivity index (χ0n) is 11.9. The van der Waals surface area contributed by atoms with Gasteiger partial charge in [0.1, 0.15) is 5.82 Å². The maximum atomic E-state index is 13.8. The van der Waals surface area contributed by atoms with Crippen molar-refractivity contribution >= 4 is 15.9 Å². The third-order valence-electron chi connectivity index (χ3n) is 2.85. The molecule has 8 heteroatoms. The van der Waals surface area contributed by atoms with Gasteiger partial charge in [0.25, 0.3) is 5.91 Å². The Bertz CT molecular complexity index is 598. The SMILES string of the molecule is CCCC(COC)NC(=O)c1ccc(S(N)(=O)=O)cc1F. The average molecular weight is 318 g/mol. The molecule has 1 aromatic rings. The highest BCUT2D eigenvalue weighted by molar-refractivity contribution is 7.89. The van der Waals surface area contributed by atoms with Crippen molar-refractivity contribution in [2.24, 2.45) is 5.14 Å². The zero-order chi connectivity index (χ0) is 16.0. The van der Waals surface area contributed by atoms with Gasteiger partial charge in [0.05, 0.1) is 23.1 Å². The summed E-state index contributed by atoms with van der Waals surface area (Å²) in [5.74, 6) is -1.56. The van der Waals surface area contributed by atoms with Crippen LogP contribution in [0.25, 0.3) is 0 Å². The molecule has 3 N–H and O–H groups in total. The lowest BCUT2D eigenvalue weighted by molar-refractivity contribution is 0.0887. The number of benzene rings is 1. The maximum absolute atomic E-state index is 13.8. The van der Waals surface area contributed by atoms with E-state index < -0.39 is 21.7 Å². The fourth-order valence-electron chi connectivity index (χ4n) is 1.87. The number of carbonyl (C=O) groups is 1. The molecule has 0 spiro atoms. The summed E-state index contributed by atoms with van der Waals surface area (Å²) in [7, 11) is -2.49. The van der Waals surface area contributed by atoms with Crippen molar-refractivity contribution in [3.8, 4) is 0 Å². The van der Waals surface area contributed by atoms with E-state index in [0.717, 1.165) is 24.6 Å². The van der Waals surface area contributed by atoms with Crippen molar-refractivity contribution < 1.29 is 22.3 Å². The van der Waals surface area contributed by atoms with E-state index >= 15 is 0 Å². The first-order valence-electron chi connectivity index (χ1n) is 6.41. The smallest absolute Gasteiger partial charge is 0.254 e. The van der Waals surface area contributed by atoms with Crippen LogP contribution < -0.4 is 10.5 Å². The quantitative estimate of drug-likeness (QED) is 0.784. The van der Waals surface area contributed by atoms with Gasteiger partial charge in [-0.15, -0.1) is 0 Å². The van der Waals surface area contributed by atoms with Crippen LogP contribution in [0.1, 0.15) is 30.1 Å². The summed E-state index contributed by atoms with van der Waals surface area (Å²) in [6, 6.07) is 2.69. The monoisotopic (exact) mass is 318 g/mol. The van der Waals surface area contributed by atoms with Gasteiger partial charge in [-0.2, -0.15) is 0 Å². The van der Waals surface area contributed by atoms with E-state index in [1.54, 1.807) is 0 Å². The molecule has 0 saturated heterocycles. The Kier molecular flexibility index (Phi) is 6.25. The second kappa shape index (κ2) is 7.48. The average Bonchev–Trinajstić information content (AvgIpc) is 2.37. The summed E-state index contributed by atoms with van der Waals surface area (Å²) in [6.07, 6.45) is 1.53. The highest BCUT2D eigenvalue weighted by Gasteiger charge is 2.18. The Morgan fingerprint density at radius 1 is 1.48 bits per heavy atom. The summed E-state index contributed by atoms with van der Waals surface area (Å²) >= 11 is 0. The van der Waals surface area contributed by atoms with Crippen molar-refractivity contribution in [3.05, 3.63) is 29.6 Å². The molecule has 1 amide bonds. The number of hydrogen-bond acceptors (Lipinski definition) is 4. The standard InChI is InChI=1S/C13H19FN2O4S/c1-3-4-9(8-20-2)16-13(17)11-6-5-10(7-12(11)14)21(15,18)19/h5-7,9H,3-4,8H2,1-2H3,(H,16,17)(H2,15,18,19). The van der Waals surface area contributed by atoms with Gasteiger partial charge in [-0.3, -0.25) is 4.79 Å². The third kappa shape index (κ3) is 5.07. The van der Waals surface area contributed by atoms with Crippen LogP contribution in [-0.4, -0.2) is 34.1 Å². The summed E-state index contributed by atoms with van der Waals surface area (Å²) in [6.45, 7) is 2.27. The van der Waals surface area contributed by atoms with Crippen molar-refractivity contribution in [2.45, 2.75) is 30.7 Å². The van der Waals surface area contributed by atoms with Crippen LogP contribution in [0.4, 0.5) is 4.39 Å². The predicted octanol–water partition coefficient (Wildman–Crippen LogP) is 1.02. The number of amides is 1. The van der Waals surface area contributed by atoms with E-state index in [1.165, 1.54) is 7.11 Å². The van der Waals surface area contributed by atoms with Gasteiger partial charge in [-0.05, 0) is 24.6 Å². The number of nitrogens with one attached hydrogen (secondary N) is 1. The molecule has 0 bridgehead atoms. The van der Waals surface area contributed by atoms with Crippen LogP contribution in [0.3, 0.4) is 0 Å². The normalized spacial score (nSPS) is 13.0. The Hall–Kier alpha value is -1.51. The van der Waals surface area contributed by atoms with Gasteiger partial charge >= 0.3 is 0 Å².